The number of carbonyl (C=O) groups is 1. The van der Waals surface area contributed by atoms with E-state index in [1.54, 1.807) is 13.2 Å². The third-order valence-electron chi connectivity index (χ3n) is 5.27. The van der Waals surface area contributed by atoms with Gasteiger partial charge in [0.2, 0.25) is 0 Å². The molecule has 0 unspecified atom stereocenters. The lowest BCUT2D eigenvalue weighted by atomic mass is 9.98. The molecule has 5 rings (SSSR count). The van der Waals surface area contributed by atoms with Crippen LogP contribution in [-0.4, -0.2) is 54.3 Å². The van der Waals surface area contributed by atoms with Crippen LogP contribution in [0.5, 0.6) is 0 Å². The average Bonchev–Trinajstić information content (AvgIpc) is 3.60. The molecule has 1 aliphatic rings. The topological polar surface area (TPSA) is 132 Å². The second kappa shape index (κ2) is 13.3. The van der Waals surface area contributed by atoms with Crippen molar-refractivity contribution in [3.8, 4) is 11.4 Å². The number of rotatable bonds is 4. The van der Waals surface area contributed by atoms with E-state index >= 15 is 0 Å². The number of hydrogen-bond donors (Lipinski definition) is 4. The van der Waals surface area contributed by atoms with Crippen LogP contribution in [0, 0.1) is 5.92 Å². The maximum Gasteiger partial charge on any atom is 0.280 e. The first-order valence-corrected chi connectivity index (χ1v) is 12.9. The fraction of sp³-hybridized carbons (Fsp3) is 0.458. The lowest BCUT2D eigenvalue weighted by Crippen LogP contribution is -2.17. The zero-order valence-corrected chi connectivity index (χ0v) is 21.8. The van der Waals surface area contributed by atoms with Gasteiger partial charge in [0, 0.05) is 19.7 Å². The van der Waals surface area contributed by atoms with E-state index in [1.165, 1.54) is 25.5 Å². The SMILES string of the molecule is CC(C)Cc1nc2cc(-c3ccn[nH]3)ncc2[nH]1.CNC(=O)c1ncc(Cl)s1.OC1CCCCC1. The molecule has 0 radical (unpaired) electrons. The molecule has 1 amide bonds. The van der Waals surface area contributed by atoms with E-state index in [2.05, 4.69) is 49.3 Å². The normalized spacial score (nSPS) is 13.7. The van der Waals surface area contributed by atoms with Gasteiger partial charge in [-0.2, -0.15) is 5.10 Å². The van der Waals surface area contributed by atoms with Gasteiger partial charge in [-0.1, -0.05) is 56.0 Å². The summed E-state index contributed by atoms with van der Waals surface area (Å²) < 4.78 is 0.526. The Labute approximate surface area is 213 Å². The molecule has 1 aliphatic carbocycles. The molecule has 9 nitrogen and oxygen atoms in total. The minimum absolute atomic E-state index is 0.0359. The molecule has 35 heavy (non-hydrogen) atoms. The Balaban J connectivity index is 0.000000169. The lowest BCUT2D eigenvalue weighted by molar-refractivity contribution is 0.0962. The molecule has 4 aromatic heterocycles. The Morgan fingerprint density at radius 1 is 1.26 bits per heavy atom. The molecule has 4 heterocycles. The van der Waals surface area contributed by atoms with E-state index in [4.69, 9.17) is 16.7 Å². The molecule has 4 aromatic rings. The summed E-state index contributed by atoms with van der Waals surface area (Å²) in [7, 11) is 1.55. The van der Waals surface area contributed by atoms with Crippen LogP contribution in [-0.2, 0) is 6.42 Å². The molecular formula is C24H32ClN7O2S. The van der Waals surface area contributed by atoms with Crippen molar-refractivity contribution in [2.75, 3.05) is 7.05 Å². The minimum atomic E-state index is -0.197. The molecular weight excluding hydrogens is 486 g/mol. The van der Waals surface area contributed by atoms with Crippen LogP contribution in [0.3, 0.4) is 0 Å². The highest BCUT2D eigenvalue weighted by Gasteiger charge is 2.09. The fourth-order valence-corrected chi connectivity index (χ4v) is 4.40. The van der Waals surface area contributed by atoms with Crippen molar-refractivity contribution in [2.45, 2.75) is 58.5 Å². The third-order valence-corrected chi connectivity index (χ3v) is 6.38. The van der Waals surface area contributed by atoms with Crippen molar-refractivity contribution in [3.63, 3.8) is 0 Å². The number of fused-ring (bicyclic) bond motifs is 1. The highest BCUT2D eigenvalue weighted by atomic mass is 35.5. The molecule has 0 aromatic carbocycles. The third kappa shape index (κ3) is 8.41. The van der Waals surface area contributed by atoms with E-state index in [-0.39, 0.29) is 12.0 Å². The number of carbonyl (C=O) groups excluding carboxylic acids is 1. The van der Waals surface area contributed by atoms with Gasteiger partial charge in [0.05, 0.1) is 40.9 Å². The summed E-state index contributed by atoms with van der Waals surface area (Å²) in [5.74, 6) is 1.41. The first-order chi connectivity index (χ1) is 16.9. The highest BCUT2D eigenvalue weighted by molar-refractivity contribution is 7.17. The number of aliphatic hydroxyl groups is 1. The van der Waals surface area contributed by atoms with E-state index in [1.807, 2.05) is 18.3 Å². The second-order valence-electron chi connectivity index (χ2n) is 8.68. The number of amides is 1. The smallest absolute Gasteiger partial charge is 0.280 e. The monoisotopic (exact) mass is 517 g/mol. The number of H-pyrrole nitrogens is 2. The zero-order valence-electron chi connectivity index (χ0n) is 20.2. The molecule has 1 saturated carbocycles. The molecule has 4 N–H and O–H groups in total. The van der Waals surface area contributed by atoms with E-state index in [0.29, 0.717) is 15.3 Å². The van der Waals surface area contributed by atoms with Gasteiger partial charge >= 0.3 is 0 Å². The zero-order chi connectivity index (χ0) is 25.2. The Hall–Kier alpha value is -2.82. The number of pyridine rings is 1. The van der Waals surface area contributed by atoms with Gasteiger partial charge in [-0.15, -0.1) is 0 Å². The van der Waals surface area contributed by atoms with Crippen molar-refractivity contribution < 1.29 is 9.90 Å². The summed E-state index contributed by atoms with van der Waals surface area (Å²) in [5, 5.41) is 18.6. The molecule has 11 heteroatoms. The predicted octanol–water partition coefficient (Wildman–Crippen LogP) is 5.01. The maximum atomic E-state index is 10.8. The summed E-state index contributed by atoms with van der Waals surface area (Å²) in [4.78, 5) is 26.9. The van der Waals surface area contributed by atoms with Crippen LogP contribution in [0.15, 0.2) is 30.7 Å². The van der Waals surface area contributed by atoms with Gasteiger partial charge in [-0.25, -0.2) is 9.97 Å². The van der Waals surface area contributed by atoms with Gasteiger partial charge in [-0.05, 0) is 30.9 Å². The Bertz CT molecular complexity index is 1180. The number of thiazole rings is 1. The summed E-state index contributed by atoms with van der Waals surface area (Å²) in [6, 6.07) is 3.87. The number of nitrogens with zero attached hydrogens (tertiary/aromatic N) is 4. The molecule has 1 fully saturated rings. The summed E-state index contributed by atoms with van der Waals surface area (Å²) in [6.07, 6.45) is 11.9. The van der Waals surface area contributed by atoms with E-state index < -0.39 is 0 Å². The van der Waals surface area contributed by atoms with Crippen LogP contribution >= 0.6 is 22.9 Å². The van der Waals surface area contributed by atoms with Crippen LogP contribution in [0.2, 0.25) is 4.34 Å². The second-order valence-corrected chi connectivity index (χ2v) is 10.3. The first kappa shape index (κ1) is 26.8. The van der Waals surface area contributed by atoms with Crippen LogP contribution in [0.1, 0.15) is 61.6 Å². The van der Waals surface area contributed by atoms with Crippen LogP contribution < -0.4 is 5.32 Å². The van der Waals surface area contributed by atoms with Crippen molar-refractivity contribution in [2.24, 2.45) is 5.92 Å². The van der Waals surface area contributed by atoms with E-state index in [0.717, 1.165) is 58.8 Å². The number of hydrogen-bond acceptors (Lipinski definition) is 7. The van der Waals surface area contributed by atoms with Crippen LogP contribution in [0.4, 0.5) is 0 Å². The van der Waals surface area contributed by atoms with Crippen molar-refractivity contribution >= 4 is 39.9 Å². The first-order valence-electron chi connectivity index (χ1n) is 11.7. The molecule has 0 saturated heterocycles. The largest absolute Gasteiger partial charge is 0.393 e. The fourth-order valence-electron chi connectivity index (χ4n) is 3.54. The minimum Gasteiger partial charge on any atom is -0.393 e. The van der Waals surface area contributed by atoms with Gasteiger partial charge in [0.15, 0.2) is 5.01 Å². The summed E-state index contributed by atoms with van der Waals surface area (Å²) in [5.41, 5.74) is 3.70. The quantitative estimate of drug-likeness (QED) is 0.300. The molecule has 0 bridgehead atoms. The standard InChI is InChI=1S/C13H15N5.C6H12O.C5H5ClN2OS/c1-8(2)5-13-16-11-6-10(9-3-4-15-18-9)14-7-12(11)17-13;7-6-4-2-1-3-5-6;1-7-4(9)5-8-2-3(6)10-5/h3-4,6-8H,5H2,1-2H3,(H,15,18)(H,16,17);6-7H,1-5H2;2H,1H3,(H,7,9). The predicted molar refractivity (Wildman–Crippen MR) is 140 cm³/mol. The molecule has 0 aliphatic heterocycles. The maximum absolute atomic E-state index is 10.8. The average molecular weight is 518 g/mol. The van der Waals surface area contributed by atoms with Crippen molar-refractivity contribution in [1.82, 2.24) is 35.5 Å². The molecule has 0 atom stereocenters. The number of halogens is 1. The number of aromatic nitrogens is 6. The lowest BCUT2D eigenvalue weighted by Gasteiger charge is -2.14. The summed E-state index contributed by atoms with van der Waals surface area (Å²) in [6.45, 7) is 4.36. The van der Waals surface area contributed by atoms with Gasteiger partial charge < -0.3 is 15.4 Å². The highest BCUT2D eigenvalue weighted by Crippen LogP contribution is 2.20. The molecule has 188 valence electrons. The Morgan fingerprint density at radius 3 is 2.57 bits per heavy atom. The van der Waals surface area contributed by atoms with Gasteiger partial charge in [0.25, 0.3) is 5.91 Å². The number of nitrogens with one attached hydrogen (secondary N) is 3. The van der Waals surface area contributed by atoms with Gasteiger partial charge in [0.1, 0.15) is 10.2 Å². The number of imidazole rings is 1. The van der Waals surface area contributed by atoms with Gasteiger partial charge in [-0.3, -0.25) is 14.9 Å². The Morgan fingerprint density at radius 2 is 2.03 bits per heavy atom. The van der Waals surface area contributed by atoms with E-state index in [9.17, 15) is 4.79 Å². The van der Waals surface area contributed by atoms with Crippen molar-refractivity contribution in [3.05, 3.63) is 45.9 Å². The number of aromatic amines is 2. The van der Waals surface area contributed by atoms with Crippen LogP contribution in [0.25, 0.3) is 22.4 Å². The summed E-state index contributed by atoms with van der Waals surface area (Å²) >= 11 is 6.70. The Kier molecular flexibility index (Phi) is 10.2. The number of aliphatic hydroxyl groups excluding tert-OH is 1. The molecule has 0 spiro atoms. The van der Waals surface area contributed by atoms with Crippen molar-refractivity contribution in [1.29, 1.82) is 0 Å².